The Morgan fingerprint density at radius 3 is 2.51 bits per heavy atom. The minimum atomic E-state index is -3.62. The Labute approximate surface area is 225 Å². The zero-order valence-corrected chi connectivity index (χ0v) is 22.4. The average Bonchev–Trinajstić information content (AvgIpc) is 3.39. The lowest BCUT2D eigenvalue weighted by Crippen LogP contribution is -2.39. The van der Waals surface area contributed by atoms with Gasteiger partial charge in [-0.2, -0.15) is 0 Å². The van der Waals surface area contributed by atoms with E-state index < -0.39 is 10.0 Å². The molecule has 0 unspecified atom stereocenters. The maximum Gasteiger partial charge on any atom is 0.251 e. The summed E-state index contributed by atoms with van der Waals surface area (Å²) in [5.74, 6) is -0.189. The number of aromatic nitrogens is 1. The third-order valence-electron chi connectivity index (χ3n) is 6.47. The number of sulfonamides is 1. The van der Waals surface area contributed by atoms with E-state index >= 15 is 0 Å². The first-order chi connectivity index (χ1) is 17.9. The topological polar surface area (TPSA) is 100 Å². The van der Waals surface area contributed by atoms with E-state index in [1.165, 1.54) is 11.3 Å². The molecular weight excluding hydrogens is 528 g/mol. The molecule has 0 atom stereocenters. The van der Waals surface area contributed by atoms with Gasteiger partial charge >= 0.3 is 0 Å². The summed E-state index contributed by atoms with van der Waals surface area (Å²) in [6.45, 7) is 0.278. The van der Waals surface area contributed by atoms with Gasteiger partial charge in [-0.1, -0.05) is 29.8 Å². The number of hydrogen-bond acceptors (Lipinski definition) is 6. The van der Waals surface area contributed by atoms with Crippen LogP contribution in [0.3, 0.4) is 0 Å². The number of amides is 1. The van der Waals surface area contributed by atoms with Gasteiger partial charge in [0.2, 0.25) is 10.0 Å². The molecule has 2 aromatic heterocycles. The lowest BCUT2D eigenvalue weighted by molar-refractivity contribution is 0.0951. The molecule has 4 aromatic rings. The number of benzene rings is 2. The summed E-state index contributed by atoms with van der Waals surface area (Å²) in [4.78, 5) is 17.4. The molecule has 0 aliphatic heterocycles. The Kier molecular flexibility index (Phi) is 7.76. The molecule has 0 bridgehead atoms. The van der Waals surface area contributed by atoms with E-state index in [2.05, 4.69) is 20.3 Å². The molecule has 1 aliphatic rings. The number of carbonyl (C=O) groups excluding carboxylic acids is 1. The van der Waals surface area contributed by atoms with Gasteiger partial charge in [0.1, 0.15) is 4.21 Å². The van der Waals surface area contributed by atoms with E-state index in [1.54, 1.807) is 42.6 Å². The molecule has 10 heteroatoms. The van der Waals surface area contributed by atoms with Gasteiger partial charge in [-0.05, 0) is 74.2 Å². The van der Waals surface area contributed by atoms with Crippen LogP contribution >= 0.6 is 22.9 Å². The highest BCUT2D eigenvalue weighted by molar-refractivity contribution is 7.91. The normalized spacial score (nSPS) is 18.0. The first kappa shape index (κ1) is 25.7. The summed E-state index contributed by atoms with van der Waals surface area (Å²) < 4.78 is 29.1. The highest BCUT2D eigenvalue weighted by Gasteiger charge is 2.27. The molecule has 192 valence electrons. The van der Waals surface area contributed by atoms with Gasteiger partial charge < -0.3 is 10.6 Å². The van der Waals surface area contributed by atoms with E-state index in [-0.39, 0.29) is 28.7 Å². The number of pyridine rings is 1. The largest absolute Gasteiger partial charge is 0.382 e. The molecule has 7 nitrogen and oxygen atoms in total. The minimum absolute atomic E-state index is 0.112. The van der Waals surface area contributed by atoms with Crippen LogP contribution in [0, 0.1) is 0 Å². The van der Waals surface area contributed by atoms with Gasteiger partial charge in [0.05, 0.1) is 12.1 Å². The smallest absolute Gasteiger partial charge is 0.251 e. The first-order valence-electron chi connectivity index (χ1n) is 12.1. The quantitative estimate of drug-likeness (QED) is 0.264. The Morgan fingerprint density at radius 2 is 1.73 bits per heavy atom. The van der Waals surface area contributed by atoms with Gasteiger partial charge in [-0.3, -0.25) is 9.78 Å². The zero-order valence-electron chi connectivity index (χ0n) is 20.0. The second-order valence-corrected chi connectivity index (χ2v) is 12.6. The van der Waals surface area contributed by atoms with Crippen molar-refractivity contribution in [2.45, 2.75) is 48.5 Å². The molecule has 1 amide bonds. The van der Waals surface area contributed by atoms with Gasteiger partial charge in [0, 0.05) is 44.8 Å². The molecule has 1 fully saturated rings. The number of rotatable bonds is 8. The molecule has 1 saturated carbocycles. The molecule has 37 heavy (non-hydrogen) atoms. The summed E-state index contributed by atoms with van der Waals surface area (Å²) >= 11 is 7.27. The zero-order chi connectivity index (χ0) is 25.8. The summed E-state index contributed by atoms with van der Waals surface area (Å²) in [5, 5.41) is 8.11. The summed E-state index contributed by atoms with van der Waals surface area (Å²) in [7, 11) is -3.62. The van der Waals surface area contributed by atoms with Gasteiger partial charge in [0.15, 0.2) is 0 Å². The van der Waals surface area contributed by atoms with E-state index in [4.69, 9.17) is 11.6 Å². The molecule has 0 spiro atoms. The molecule has 5 rings (SSSR count). The Morgan fingerprint density at radius 1 is 0.973 bits per heavy atom. The number of anilines is 1. The number of carbonyl (C=O) groups is 1. The number of fused-ring (bicyclic) bond motifs is 1. The highest BCUT2D eigenvalue weighted by atomic mass is 35.5. The van der Waals surface area contributed by atoms with E-state index in [0.717, 1.165) is 47.2 Å². The van der Waals surface area contributed by atoms with Crippen LogP contribution in [0.25, 0.3) is 10.9 Å². The van der Waals surface area contributed by atoms with Crippen LogP contribution in [0.4, 0.5) is 5.69 Å². The van der Waals surface area contributed by atoms with Crippen LogP contribution in [0.2, 0.25) is 5.02 Å². The monoisotopic (exact) mass is 554 g/mol. The van der Waals surface area contributed by atoms with Crippen molar-refractivity contribution < 1.29 is 13.2 Å². The van der Waals surface area contributed by atoms with Crippen LogP contribution in [0.1, 0.15) is 40.9 Å². The molecule has 2 aromatic carbocycles. The molecule has 3 N–H and O–H groups in total. The third-order valence-corrected chi connectivity index (χ3v) is 9.81. The fourth-order valence-corrected chi connectivity index (χ4v) is 7.34. The predicted molar refractivity (Wildman–Crippen MR) is 149 cm³/mol. The van der Waals surface area contributed by atoms with Crippen LogP contribution in [0.15, 0.2) is 77.1 Å². The standard InChI is InChI=1S/C27H27ClN4O3S2/c28-19-6-12-23-24(14-15-29-25(23)16-19)31-20-7-9-21(10-8-20)32-37(34,35)26-13-11-22(36-26)17-30-27(33)18-4-2-1-3-5-18/h1-6,11-16,20-21,32H,7-10,17H2,(H,29,31)(H,30,33)/t20-,21+. The van der Waals surface area contributed by atoms with Crippen LogP contribution in [-0.4, -0.2) is 31.4 Å². The fraction of sp³-hybridized carbons (Fsp3) is 0.259. The van der Waals surface area contributed by atoms with Crippen molar-refractivity contribution in [2.24, 2.45) is 0 Å². The highest BCUT2D eigenvalue weighted by Crippen LogP contribution is 2.29. The SMILES string of the molecule is O=C(NCc1ccc(S(=O)(=O)N[C@H]2CC[C@@H](Nc3ccnc4cc(Cl)ccc34)CC2)s1)c1ccccc1. The molecule has 2 heterocycles. The second-order valence-electron chi connectivity index (χ2n) is 9.10. The van der Waals surface area contributed by atoms with Crippen LogP contribution in [0.5, 0.6) is 0 Å². The Bertz CT molecular complexity index is 1500. The van der Waals surface area contributed by atoms with Crippen molar-refractivity contribution in [1.82, 2.24) is 15.0 Å². The number of halogens is 1. The first-order valence-corrected chi connectivity index (χ1v) is 14.8. The van der Waals surface area contributed by atoms with Crippen molar-refractivity contribution in [3.05, 3.63) is 88.4 Å². The van der Waals surface area contributed by atoms with Crippen LogP contribution in [-0.2, 0) is 16.6 Å². The van der Waals surface area contributed by atoms with Crippen LogP contribution < -0.4 is 15.4 Å². The van der Waals surface area contributed by atoms with Crippen molar-refractivity contribution >= 4 is 55.5 Å². The van der Waals surface area contributed by atoms with E-state index in [0.29, 0.717) is 10.6 Å². The van der Waals surface area contributed by atoms with E-state index in [1.807, 2.05) is 30.3 Å². The van der Waals surface area contributed by atoms with E-state index in [9.17, 15) is 13.2 Å². The molecule has 0 radical (unpaired) electrons. The lowest BCUT2D eigenvalue weighted by atomic mass is 9.91. The van der Waals surface area contributed by atoms with Crippen molar-refractivity contribution in [2.75, 3.05) is 5.32 Å². The average molecular weight is 555 g/mol. The van der Waals surface area contributed by atoms with Gasteiger partial charge in [0.25, 0.3) is 5.91 Å². The third kappa shape index (κ3) is 6.30. The van der Waals surface area contributed by atoms with Gasteiger partial charge in [-0.15, -0.1) is 11.3 Å². The van der Waals surface area contributed by atoms with Gasteiger partial charge in [-0.25, -0.2) is 13.1 Å². The summed E-state index contributed by atoms with van der Waals surface area (Å²) in [6.07, 6.45) is 4.97. The number of nitrogens with one attached hydrogen (secondary N) is 3. The number of thiophene rings is 1. The van der Waals surface area contributed by atoms with Crippen molar-refractivity contribution in [3.63, 3.8) is 0 Å². The second kappa shape index (κ2) is 11.2. The molecule has 1 aliphatic carbocycles. The predicted octanol–water partition coefficient (Wildman–Crippen LogP) is 5.58. The lowest BCUT2D eigenvalue weighted by Gasteiger charge is -2.30. The number of nitrogens with zero attached hydrogens (tertiary/aromatic N) is 1. The Balaban J connectivity index is 1.14. The Hall–Kier alpha value is -2.98. The fourth-order valence-electron chi connectivity index (χ4n) is 4.56. The number of hydrogen-bond donors (Lipinski definition) is 3. The minimum Gasteiger partial charge on any atom is -0.382 e. The van der Waals surface area contributed by atoms with Crippen molar-refractivity contribution in [1.29, 1.82) is 0 Å². The maximum absolute atomic E-state index is 13.0. The maximum atomic E-state index is 13.0. The summed E-state index contributed by atoms with van der Waals surface area (Å²) in [6, 6.07) is 20.1. The summed E-state index contributed by atoms with van der Waals surface area (Å²) in [5.41, 5.74) is 2.42. The molecule has 0 saturated heterocycles. The molecular formula is C27H27ClN4O3S2. The van der Waals surface area contributed by atoms with Crippen molar-refractivity contribution in [3.8, 4) is 0 Å².